The van der Waals surface area contributed by atoms with Crippen LogP contribution in [0.3, 0.4) is 0 Å². The van der Waals surface area contributed by atoms with Gasteiger partial charge in [-0.2, -0.15) is 17.4 Å². The molecule has 1 rings (SSSR count). The van der Waals surface area contributed by atoms with Crippen molar-refractivity contribution in [1.82, 2.24) is 14.3 Å². The van der Waals surface area contributed by atoms with Crippen molar-refractivity contribution in [3.05, 3.63) is 0 Å². The molecule has 0 aromatic heterocycles. The van der Waals surface area contributed by atoms with E-state index in [0.717, 1.165) is 19.3 Å². The molecule has 1 unspecified atom stereocenters. The number of hydrogen-bond acceptors (Lipinski definition) is 4. The third kappa shape index (κ3) is 4.81. The van der Waals surface area contributed by atoms with Crippen molar-refractivity contribution in [2.24, 2.45) is 0 Å². The normalized spacial score (nSPS) is 22.2. The number of nitrogens with one attached hydrogen (secondary N) is 2. The molecule has 0 saturated carbocycles. The molecule has 6 nitrogen and oxygen atoms in total. The molecule has 0 aliphatic carbocycles. The molecule has 0 bridgehead atoms. The van der Waals surface area contributed by atoms with Crippen molar-refractivity contribution in [3.63, 3.8) is 0 Å². The Morgan fingerprint density at radius 1 is 1.39 bits per heavy atom. The largest absolute Gasteiger partial charge is 0.380 e. The van der Waals surface area contributed by atoms with E-state index in [1.807, 2.05) is 14.0 Å². The van der Waals surface area contributed by atoms with Crippen molar-refractivity contribution in [2.75, 3.05) is 39.9 Å². The van der Waals surface area contributed by atoms with Gasteiger partial charge in [0.1, 0.15) is 0 Å². The van der Waals surface area contributed by atoms with Crippen LogP contribution in [0.5, 0.6) is 0 Å². The molecule has 0 aromatic rings. The number of piperidine rings is 1. The Balaban J connectivity index is 2.52. The molecule has 0 spiro atoms. The summed E-state index contributed by atoms with van der Waals surface area (Å²) < 4.78 is 33.6. The zero-order valence-corrected chi connectivity index (χ0v) is 12.1. The van der Waals surface area contributed by atoms with Gasteiger partial charge in [0.05, 0.1) is 6.61 Å². The lowest BCUT2D eigenvalue weighted by Crippen LogP contribution is -2.52. The maximum Gasteiger partial charge on any atom is 0.279 e. The van der Waals surface area contributed by atoms with Crippen LogP contribution in [0.2, 0.25) is 0 Å². The smallest absolute Gasteiger partial charge is 0.279 e. The zero-order valence-electron chi connectivity index (χ0n) is 11.3. The fourth-order valence-electron chi connectivity index (χ4n) is 2.20. The molecule has 1 heterocycles. The van der Waals surface area contributed by atoms with E-state index in [0.29, 0.717) is 32.8 Å². The van der Waals surface area contributed by atoms with Gasteiger partial charge in [0.15, 0.2) is 0 Å². The number of rotatable bonds is 8. The predicted molar refractivity (Wildman–Crippen MR) is 71.7 cm³/mol. The van der Waals surface area contributed by atoms with Gasteiger partial charge in [0, 0.05) is 32.3 Å². The van der Waals surface area contributed by atoms with Gasteiger partial charge in [0.25, 0.3) is 10.2 Å². The fourth-order valence-corrected chi connectivity index (χ4v) is 3.65. The van der Waals surface area contributed by atoms with E-state index >= 15 is 0 Å². The van der Waals surface area contributed by atoms with Gasteiger partial charge in [-0.3, -0.25) is 0 Å². The summed E-state index contributed by atoms with van der Waals surface area (Å²) in [4.78, 5) is 0. The molecular weight excluding hydrogens is 254 g/mol. The highest BCUT2D eigenvalue weighted by Crippen LogP contribution is 2.19. The van der Waals surface area contributed by atoms with Crippen molar-refractivity contribution in [1.29, 1.82) is 0 Å². The molecule has 1 fully saturated rings. The Morgan fingerprint density at radius 3 is 2.83 bits per heavy atom. The highest BCUT2D eigenvalue weighted by atomic mass is 32.2. The van der Waals surface area contributed by atoms with Crippen molar-refractivity contribution >= 4 is 10.2 Å². The molecule has 1 saturated heterocycles. The van der Waals surface area contributed by atoms with E-state index in [-0.39, 0.29) is 6.04 Å². The maximum absolute atomic E-state index is 12.2. The van der Waals surface area contributed by atoms with E-state index in [1.165, 1.54) is 0 Å². The Hall–Kier alpha value is -0.210. The molecule has 0 aromatic carbocycles. The Kier molecular flexibility index (Phi) is 7.10. The van der Waals surface area contributed by atoms with Crippen LogP contribution in [0, 0.1) is 0 Å². The molecule has 108 valence electrons. The average Bonchev–Trinajstić information content (AvgIpc) is 2.36. The standard InChI is InChI=1S/C11H25N3O3S/c1-3-17-9-7-13-18(15,16)14-8-5-4-6-11(14)10-12-2/h11-13H,3-10H2,1-2H3. The summed E-state index contributed by atoms with van der Waals surface area (Å²) in [6.45, 7) is 4.55. The molecule has 0 amide bonds. The maximum atomic E-state index is 12.2. The highest BCUT2D eigenvalue weighted by molar-refractivity contribution is 7.87. The third-order valence-electron chi connectivity index (χ3n) is 3.06. The zero-order chi connectivity index (χ0) is 13.4. The van der Waals surface area contributed by atoms with Crippen LogP contribution in [0.25, 0.3) is 0 Å². The van der Waals surface area contributed by atoms with E-state index in [9.17, 15) is 8.42 Å². The Bertz CT molecular complexity index is 319. The first kappa shape index (κ1) is 15.8. The van der Waals surface area contributed by atoms with Crippen molar-refractivity contribution in [3.8, 4) is 0 Å². The summed E-state index contributed by atoms with van der Waals surface area (Å²) in [5, 5.41) is 3.06. The summed E-state index contributed by atoms with van der Waals surface area (Å²) in [6, 6.07) is 0.0633. The van der Waals surface area contributed by atoms with Gasteiger partial charge in [-0.1, -0.05) is 6.42 Å². The lowest BCUT2D eigenvalue weighted by Gasteiger charge is -2.34. The van der Waals surface area contributed by atoms with Gasteiger partial charge >= 0.3 is 0 Å². The first-order chi connectivity index (χ1) is 8.61. The van der Waals surface area contributed by atoms with Crippen LogP contribution in [-0.2, 0) is 14.9 Å². The predicted octanol–water partition coefficient (Wildman–Crippen LogP) is -0.0688. The van der Waals surface area contributed by atoms with Gasteiger partial charge in [-0.05, 0) is 26.8 Å². The van der Waals surface area contributed by atoms with Crippen LogP contribution in [0.4, 0.5) is 0 Å². The van der Waals surface area contributed by atoms with Crippen LogP contribution in [0.15, 0.2) is 0 Å². The second-order valence-electron chi connectivity index (χ2n) is 4.41. The molecule has 1 atom stereocenters. The number of nitrogens with zero attached hydrogens (tertiary/aromatic N) is 1. The summed E-state index contributed by atoms with van der Waals surface area (Å²) in [5.74, 6) is 0. The second kappa shape index (κ2) is 8.06. The van der Waals surface area contributed by atoms with Gasteiger partial charge in [-0.15, -0.1) is 0 Å². The van der Waals surface area contributed by atoms with Gasteiger partial charge in [0.2, 0.25) is 0 Å². The molecule has 2 N–H and O–H groups in total. The first-order valence-electron chi connectivity index (χ1n) is 6.60. The first-order valence-corrected chi connectivity index (χ1v) is 8.04. The van der Waals surface area contributed by atoms with Gasteiger partial charge in [-0.25, -0.2) is 0 Å². The highest BCUT2D eigenvalue weighted by Gasteiger charge is 2.31. The van der Waals surface area contributed by atoms with Crippen molar-refractivity contribution < 1.29 is 13.2 Å². The SMILES string of the molecule is CCOCCNS(=O)(=O)N1CCCCC1CNC. The molecule has 1 aliphatic heterocycles. The number of hydrogen-bond donors (Lipinski definition) is 2. The Labute approximate surface area is 110 Å². The average molecular weight is 279 g/mol. The van der Waals surface area contributed by atoms with E-state index < -0.39 is 10.2 Å². The van der Waals surface area contributed by atoms with Crippen LogP contribution >= 0.6 is 0 Å². The summed E-state index contributed by atoms with van der Waals surface area (Å²) in [7, 11) is -1.52. The van der Waals surface area contributed by atoms with Crippen LogP contribution in [0.1, 0.15) is 26.2 Å². The minimum Gasteiger partial charge on any atom is -0.380 e. The summed E-state index contributed by atoms with van der Waals surface area (Å²) in [6.07, 6.45) is 2.96. The minimum atomic E-state index is -3.37. The molecular formula is C11H25N3O3S. The molecule has 7 heteroatoms. The quantitative estimate of drug-likeness (QED) is 0.610. The lowest BCUT2D eigenvalue weighted by atomic mass is 10.1. The monoisotopic (exact) mass is 279 g/mol. The Morgan fingerprint density at radius 2 is 2.17 bits per heavy atom. The summed E-state index contributed by atoms with van der Waals surface area (Å²) >= 11 is 0. The number of likely N-dealkylation sites (N-methyl/N-ethyl adjacent to an activating group) is 1. The molecule has 18 heavy (non-hydrogen) atoms. The molecule has 0 radical (unpaired) electrons. The number of ether oxygens (including phenoxy) is 1. The summed E-state index contributed by atoms with van der Waals surface area (Å²) in [5.41, 5.74) is 0. The van der Waals surface area contributed by atoms with Crippen molar-refractivity contribution in [2.45, 2.75) is 32.2 Å². The van der Waals surface area contributed by atoms with Gasteiger partial charge < -0.3 is 10.1 Å². The van der Waals surface area contributed by atoms with E-state index in [1.54, 1.807) is 4.31 Å². The second-order valence-corrected chi connectivity index (χ2v) is 6.12. The third-order valence-corrected chi connectivity index (χ3v) is 4.72. The van der Waals surface area contributed by atoms with E-state index in [2.05, 4.69) is 10.0 Å². The molecule has 1 aliphatic rings. The lowest BCUT2D eigenvalue weighted by molar-refractivity contribution is 0.152. The van der Waals surface area contributed by atoms with E-state index in [4.69, 9.17) is 4.74 Å². The van der Waals surface area contributed by atoms with Crippen LogP contribution < -0.4 is 10.0 Å². The van der Waals surface area contributed by atoms with Crippen LogP contribution in [-0.4, -0.2) is 58.7 Å². The fraction of sp³-hybridized carbons (Fsp3) is 1.00. The minimum absolute atomic E-state index is 0.0633. The topological polar surface area (TPSA) is 70.7 Å².